The van der Waals surface area contributed by atoms with Crippen molar-refractivity contribution in [3.8, 4) is 0 Å². The molecule has 0 N–H and O–H groups in total. The highest BCUT2D eigenvalue weighted by molar-refractivity contribution is 6.60. The lowest BCUT2D eigenvalue weighted by atomic mass is 10.4. The fraction of sp³-hybridized carbons (Fsp3) is 0.846. The van der Waals surface area contributed by atoms with Crippen LogP contribution < -0.4 is 0 Å². The van der Waals surface area contributed by atoms with Gasteiger partial charge >= 0.3 is 8.80 Å². The van der Waals surface area contributed by atoms with Gasteiger partial charge in [-0.25, -0.2) is 0 Å². The lowest BCUT2D eigenvalue weighted by Gasteiger charge is -2.28. The molecule has 0 aliphatic rings. The minimum Gasteiger partial charge on any atom is -0.377 e. The van der Waals surface area contributed by atoms with Crippen LogP contribution >= 0.6 is 0 Å². The number of hydrogen-bond acceptors (Lipinski definition) is 7. The third-order valence-electron chi connectivity index (χ3n) is 2.31. The first-order valence-corrected chi connectivity index (χ1v) is 8.64. The van der Waals surface area contributed by atoms with E-state index >= 15 is 0 Å². The molecular formula is C13H28O7Si. The summed E-state index contributed by atoms with van der Waals surface area (Å²) in [5.41, 5.74) is 0.986. The Morgan fingerprint density at radius 2 is 1.38 bits per heavy atom. The van der Waals surface area contributed by atoms with E-state index in [-0.39, 0.29) is 20.4 Å². The molecule has 0 aliphatic carbocycles. The summed E-state index contributed by atoms with van der Waals surface area (Å²) in [6.45, 7) is 7.09. The van der Waals surface area contributed by atoms with E-state index < -0.39 is 8.80 Å². The smallest absolute Gasteiger partial charge is 0.377 e. The number of hydrogen-bond donors (Lipinski definition) is 0. The van der Waals surface area contributed by atoms with Gasteiger partial charge in [0.1, 0.15) is 20.4 Å². The molecule has 0 unspecified atom stereocenters. The molecule has 0 fully saturated rings. The Labute approximate surface area is 128 Å². The highest BCUT2D eigenvalue weighted by Crippen LogP contribution is 2.18. The van der Waals surface area contributed by atoms with Crippen molar-refractivity contribution in [3.63, 3.8) is 0 Å². The number of methoxy groups -OCH3 is 3. The van der Waals surface area contributed by atoms with Gasteiger partial charge in [-0.3, -0.25) is 0 Å². The van der Waals surface area contributed by atoms with E-state index in [0.29, 0.717) is 19.3 Å². The molecule has 0 rings (SSSR count). The summed E-state index contributed by atoms with van der Waals surface area (Å²) in [5, 5.41) is 0. The summed E-state index contributed by atoms with van der Waals surface area (Å²) in [7, 11) is 1.72. The van der Waals surface area contributed by atoms with Gasteiger partial charge in [-0.05, 0) is 13.3 Å². The summed E-state index contributed by atoms with van der Waals surface area (Å²) < 4.78 is 37.2. The van der Waals surface area contributed by atoms with Gasteiger partial charge in [0.15, 0.2) is 0 Å². The molecule has 0 heterocycles. The minimum atomic E-state index is -2.91. The highest BCUT2D eigenvalue weighted by atomic mass is 28.4. The summed E-state index contributed by atoms with van der Waals surface area (Å²) in [4.78, 5) is 0. The van der Waals surface area contributed by atoms with E-state index in [1.807, 2.05) is 6.92 Å². The van der Waals surface area contributed by atoms with E-state index in [4.69, 9.17) is 32.2 Å². The second kappa shape index (κ2) is 13.3. The Bertz CT molecular complexity index is 241. The molecule has 21 heavy (non-hydrogen) atoms. The molecular weight excluding hydrogens is 296 g/mol. The average molecular weight is 324 g/mol. The molecule has 0 radical (unpaired) electrons. The maximum absolute atomic E-state index is 5.65. The standard InChI is InChI=1S/C13H28O7Si/c1-13(2)9-17-7-6-8-21(18-10-14-3,19-11-15-4)20-12-16-5/h1,6-12H2,2-5H3. The second-order valence-corrected chi connectivity index (χ2v) is 7.18. The van der Waals surface area contributed by atoms with Crippen LogP contribution in [0.5, 0.6) is 0 Å². The summed E-state index contributed by atoms with van der Waals surface area (Å²) in [5.74, 6) is 0. The average Bonchev–Trinajstić information content (AvgIpc) is 2.47. The monoisotopic (exact) mass is 324 g/mol. The Hall–Kier alpha value is -0.323. The second-order valence-electron chi connectivity index (χ2n) is 4.45. The van der Waals surface area contributed by atoms with Crippen LogP contribution in [0.1, 0.15) is 13.3 Å². The molecule has 0 bridgehead atoms. The first-order valence-electron chi connectivity index (χ1n) is 6.71. The largest absolute Gasteiger partial charge is 0.506 e. The van der Waals surface area contributed by atoms with Gasteiger partial charge in [-0.1, -0.05) is 12.2 Å². The molecule has 0 aromatic heterocycles. The van der Waals surface area contributed by atoms with E-state index in [1.54, 1.807) is 21.3 Å². The van der Waals surface area contributed by atoms with Crippen LogP contribution in [-0.4, -0.2) is 63.7 Å². The number of rotatable bonds is 15. The van der Waals surface area contributed by atoms with Gasteiger partial charge in [-0.15, -0.1) is 0 Å². The molecule has 0 aliphatic heterocycles. The molecule has 0 aromatic carbocycles. The van der Waals surface area contributed by atoms with Crippen molar-refractivity contribution in [2.75, 3.05) is 54.9 Å². The van der Waals surface area contributed by atoms with Crippen molar-refractivity contribution >= 4 is 8.80 Å². The molecule has 0 aromatic rings. The predicted octanol–water partition coefficient (Wildman–Crippen LogP) is 1.77. The van der Waals surface area contributed by atoms with E-state index in [1.165, 1.54) is 0 Å². The van der Waals surface area contributed by atoms with Crippen LogP contribution in [-0.2, 0) is 32.2 Å². The van der Waals surface area contributed by atoms with Crippen LogP contribution in [0.25, 0.3) is 0 Å². The first kappa shape index (κ1) is 20.7. The van der Waals surface area contributed by atoms with Crippen molar-refractivity contribution in [1.29, 1.82) is 0 Å². The van der Waals surface area contributed by atoms with Crippen molar-refractivity contribution in [2.45, 2.75) is 19.4 Å². The summed E-state index contributed by atoms with van der Waals surface area (Å²) in [6.07, 6.45) is 0.733. The van der Waals surface area contributed by atoms with Gasteiger partial charge in [0, 0.05) is 34.0 Å². The maximum Gasteiger partial charge on any atom is 0.506 e. The summed E-state index contributed by atoms with van der Waals surface area (Å²) in [6, 6.07) is 0.583. The molecule has 126 valence electrons. The van der Waals surface area contributed by atoms with Gasteiger partial charge in [0.2, 0.25) is 0 Å². The quantitative estimate of drug-likeness (QED) is 0.197. The SMILES string of the molecule is C=C(C)COCCC[Si](OCOC)(OCOC)OCOC. The third-order valence-corrected chi connectivity index (χ3v) is 4.95. The Kier molecular flexibility index (Phi) is 13.1. The first-order chi connectivity index (χ1) is 10.1. The molecule has 0 spiro atoms. The lowest BCUT2D eigenvalue weighted by molar-refractivity contribution is -0.0858. The molecule has 0 saturated carbocycles. The third kappa shape index (κ3) is 11.0. The zero-order valence-electron chi connectivity index (χ0n) is 13.5. The van der Waals surface area contributed by atoms with Crippen LogP contribution in [0.3, 0.4) is 0 Å². The molecule has 7 nitrogen and oxygen atoms in total. The molecule has 8 heteroatoms. The Morgan fingerprint density at radius 3 is 1.76 bits per heavy atom. The predicted molar refractivity (Wildman–Crippen MR) is 79.7 cm³/mol. The maximum atomic E-state index is 5.65. The lowest BCUT2D eigenvalue weighted by Crippen LogP contribution is -2.47. The van der Waals surface area contributed by atoms with Gasteiger partial charge in [-0.2, -0.15) is 0 Å². The summed E-state index contributed by atoms with van der Waals surface area (Å²) >= 11 is 0. The minimum absolute atomic E-state index is 0.0896. The van der Waals surface area contributed by atoms with Gasteiger partial charge < -0.3 is 32.2 Å². The van der Waals surface area contributed by atoms with E-state index in [0.717, 1.165) is 12.0 Å². The van der Waals surface area contributed by atoms with Crippen LogP contribution in [0.15, 0.2) is 12.2 Å². The Balaban J connectivity index is 4.37. The van der Waals surface area contributed by atoms with Crippen molar-refractivity contribution in [3.05, 3.63) is 12.2 Å². The molecule has 0 saturated heterocycles. The van der Waals surface area contributed by atoms with Crippen LogP contribution in [0.2, 0.25) is 6.04 Å². The zero-order valence-corrected chi connectivity index (χ0v) is 14.5. The van der Waals surface area contributed by atoms with E-state index in [9.17, 15) is 0 Å². The number of ether oxygens (including phenoxy) is 4. The normalized spacial score (nSPS) is 11.8. The Morgan fingerprint density at radius 1 is 0.905 bits per heavy atom. The highest BCUT2D eigenvalue weighted by Gasteiger charge is 2.41. The fourth-order valence-electron chi connectivity index (χ4n) is 1.42. The fourth-order valence-corrected chi connectivity index (χ4v) is 3.58. The topological polar surface area (TPSA) is 64.6 Å². The zero-order chi connectivity index (χ0) is 16.0. The van der Waals surface area contributed by atoms with Crippen LogP contribution in [0, 0.1) is 0 Å². The van der Waals surface area contributed by atoms with Crippen molar-refractivity contribution in [2.24, 2.45) is 0 Å². The molecule has 0 atom stereocenters. The van der Waals surface area contributed by atoms with Crippen molar-refractivity contribution < 1.29 is 32.2 Å². The molecule has 0 amide bonds. The van der Waals surface area contributed by atoms with Crippen LogP contribution in [0.4, 0.5) is 0 Å². The van der Waals surface area contributed by atoms with Gasteiger partial charge in [0.05, 0.1) is 6.61 Å². The van der Waals surface area contributed by atoms with Crippen molar-refractivity contribution in [1.82, 2.24) is 0 Å². The van der Waals surface area contributed by atoms with Gasteiger partial charge in [0.25, 0.3) is 0 Å². The van der Waals surface area contributed by atoms with E-state index in [2.05, 4.69) is 6.58 Å².